The molecule has 1 aromatic carbocycles. The fourth-order valence-electron chi connectivity index (χ4n) is 2.89. The lowest BCUT2D eigenvalue weighted by Crippen LogP contribution is -2.44. The number of para-hydroxylation sites is 1. The van der Waals surface area contributed by atoms with Crippen molar-refractivity contribution < 1.29 is 4.79 Å². The zero-order chi connectivity index (χ0) is 14.2. The molecule has 2 fully saturated rings. The van der Waals surface area contributed by atoms with Crippen molar-refractivity contribution in [2.45, 2.75) is 38.3 Å². The van der Waals surface area contributed by atoms with Crippen LogP contribution in [-0.2, 0) is 6.54 Å². The molecule has 2 N–H and O–H groups in total. The molecule has 21 heavy (non-hydrogen) atoms. The Hall–Kier alpha value is -1.62. The highest BCUT2D eigenvalue weighted by atomic mass is 32.1. The average Bonchev–Trinajstić information content (AvgIpc) is 3.39. The molecule has 0 aliphatic heterocycles. The number of fused-ring (bicyclic) bond motifs is 1. The molecule has 110 valence electrons. The third-order valence-electron chi connectivity index (χ3n) is 4.30. The van der Waals surface area contributed by atoms with E-state index in [1.807, 2.05) is 18.2 Å². The molecule has 5 heteroatoms. The minimum absolute atomic E-state index is 0.0435. The number of urea groups is 1. The molecule has 2 aliphatic rings. The van der Waals surface area contributed by atoms with Crippen LogP contribution >= 0.6 is 11.3 Å². The van der Waals surface area contributed by atoms with Gasteiger partial charge in [0, 0.05) is 6.04 Å². The highest BCUT2D eigenvalue weighted by Crippen LogP contribution is 2.44. The van der Waals surface area contributed by atoms with Crippen LogP contribution in [0.2, 0.25) is 0 Å². The first-order chi connectivity index (χ1) is 10.3. The summed E-state index contributed by atoms with van der Waals surface area (Å²) in [5, 5.41) is 7.08. The Bertz CT molecular complexity index is 615. The summed E-state index contributed by atoms with van der Waals surface area (Å²) in [6.45, 7) is 0.507. The number of rotatable bonds is 5. The number of hydrogen-bond acceptors (Lipinski definition) is 3. The number of benzene rings is 1. The molecule has 4 rings (SSSR count). The number of nitrogens with one attached hydrogen (secondary N) is 2. The van der Waals surface area contributed by atoms with Gasteiger partial charge in [0.25, 0.3) is 0 Å². The molecule has 0 atom stereocenters. The van der Waals surface area contributed by atoms with E-state index in [0.29, 0.717) is 12.6 Å². The lowest BCUT2D eigenvalue weighted by molar-refractivity contribution is 0.233. The maximum Gasteiger partial charge on any atom is 0.315 e. The molecule has 0 spiro atoms. The van der Waals surface area contributed by atoms with Crippen LogP contribution in [0.5, 0.6) is 0 Å². The topological polar surface area (TPSA) is 54.0 Å². The summed E-state index contributed by atoms with van der Waals surface area (Å²) in [6, 6.07) is 8.43. The van der Waals surface area contributed by atoms with E-state index in [4.69, 9.17) is 0 Å². The van der Waals surface area contributed by atoms with Crippen molar-refractivity contribution in [1.82, 2.24) is 15.6 Å². The van der Waals surface area contributed by atoms with Gasteiger partial charge < -0.3 is 10.6 Å². The van der Waals surface area contributed by atoms with Gasteiger partial charge in [-0.1, -0.05) is 12.1 Å². The summed E-state index contributed by atoms with van der Waals surface area (Å²) in [6.07, 6.45) is 5.11. The molecule has 0 saturated heterocycles. The second kappa shape index (κ2) is 5.30. The fraction of sp³-hybridized carbons (Fsp3) is 0.500. The molecule has 0 unspecified atom stereocenters. The first-order valence-corrected chi connectivity index (χ1v) is 8.50. The summed E-state index contributed by atoms with van der Waals surface area (Å²) in [4.78, 5) is 16.6. The Morgan fingerprint density at radius 2 is 1.95 bits per heavy atom. The minimum Gasteiger partial charge on any atom is -0.335 e. The van der Waals surface area contributed by atoms with E-state index < -0.39 is 0 Å². The van der Waals surface area contributed by atoms with Crippen LogP contribution in [0.3, 0.4) is 0 Å². The maximum absolute atomic E-state index is 12.1. The molecule has 4 nitrogen and oxygen atoms in total. The SMILES string of the molecule is O=C(NCc1nc2ccccc2s1)NC(C1CC1)C1CC1. The van der Waals surface area contributed by atoms with Gasteiger partial charge in [0.15, 0.2) is 0 Å². The average molecular weight is 301 g/mol. The quantitative estimate of drug-likeness (QED) is 0.890. The second-order valence-electron chi connectivity index (χ2n) is 6.10. The van der Waals surface area contributed by atoms with E-state index in [2.05, 4.69) is 21.7 Å². The van der Waals surface area contributed by atoms with E-state index in [1.165, 1.54) is 30.4 Å². The number of aromatic nitrogens is 1. The normalized spacial score (nSPS) is 18.1. The Morgan fingerprint density at radius 3 is 2.62 bits per heavy atom. The number of amides is 2. The number of nitrogens with zero attached hydrogens (tertiary/aromatic N) is 1. The van der Waals surface area contributed by atoms with Crippen molar-refractivity contribution in [3.05, 3.63) is 29.3 Å². The number of hydrogen-bond donors (Lipinski definition) is 2. The lowest BCUT2D eigenvalue weighted by atomic mass is 10.1. The van der Waals surface area contributed by atoms with Crippen molar-refractivity contribution in [2.24, 2.45) is 11.8 Å². The van der Waals surface area contributed by atoms with Gasteiger partial charge >= 0.3 is 6.03 Å². The maximum atomic E-state index is 12.1. The monoisotopic (exact) mass is 301 g/mol. The van der Waals surface area contributed by atoms with Crippen LogP contribution < -0.4 is 10.6 Å². The summed E-state index contributed by atoms with van der Waals surface area (Å²) >= 11 is 1.64. The summed E-state index contributed by atoms with van der Waals surface area (Å²) < 4.78 is 1.17. The van der Waals surface area contributed by atoms with Crippen LogP contribution in [0.25, 0.3) is 10.2 Å². The smallest absolute Gasteiger partial charge is 0.315 e. The second-order valence-corrected chi connectivity index (χ2v) is 7.22. The highest BCUT2D eigenvalue weighted by Gasteiger charge is 2.42. The minimum atomic E-state index is -0.0435. The van der Waals surface area contributed by atoms with Crippen molar-refractivity contribution in [1.29, 1.82) is 0 Å². The molecule has 0 bridgehead atoms. The Kier molecular flexibility index (Phi) is 3.30. The van der Waals surface area contributed by atoms with Gasteiger partial charge in [-0.3, -0.25) is 0 Å². The van der Waals surface area contributed by atoms with Crippen molar-refractivity contribution >= 4 is 27.6 Å². The lowest BCUT2D eigenvalue weighted by Gasteiger charge is -2.17. The number of carbonyl (C=O) groups excluding carboxylic acids is 1. The van der Waals surface area contributed by atoms with Gasteiger partial charge in [-0.2, -0.15) is 0 Å². The molecule has 0 radical (unpaired) electrons. The van der Waals surface area contributed by atoms with Crippen molar-refractivity contribution in [3.63, 3.8) is 0 Å². The third kappa shape index (κ3) is 3.02. The predicted molar refractivity (Wildman–Crippen MR) is 84.2 cm³/mol. The van der Waals surface area contributed by atoms with Crippen molar-refractivity contribution in [2.75, 3.05) is 0 Å². The van der Waals surface area contributed by atoms with E-state index in [9.17, 15) is 4.79 Å². The van der Waals surface area contributed by atoms with Gasteiger partial charge in [0.2, 0.25) is 0 Å². The summed E-state index contributed by atoms with van der Waals surface area (Å²) in [5.41, 5.74) is 1.01. The third-order valence-corrected chi connectivity index (χ3v) is 5.33. The van der Waals surface area contributed by atoms with Gasteiger partial charge in [0.1, 0.15) is 5.01 Å². The van der Waals surface area contributed by atoms with Gasteiger partial charge in [-0.15, -0.1) is 11.3 Å². The van der Waals surface area contributed by atoms with Crippen molar-refractivity contribution in [3.8, 4) is 0 Å². The first-order valence-electron chi connectivity index (χ1n) is 7.68. The molecule has 2 aliphatic carbocycles. The molecule has 2 aromatic rings. The zero-order valence-electron chi connectivity index (χ0n) is 11.8. The Labute approximate surface area is 128 Å². The van der Waals surface area contributed by atoms with Crippen LogP contribution in [-0.4, -0.2) is 17.1 Å². The predicted octanol–water partition coefficient (Wildman–Crippen LogP) is 3.28. The molecule has 2 amide bonds. The summed E-state index contributed by atoms with van der Waals surface area (Å²) in [7, 11) is 0. The zero-order valence-corrected chi connectivity index (χ0v) is 12.7. The fourth-order valence-corrected chi connectivity index (χ4v) is 3.79. The van der Waals surface area contributed by atoms with Crippen LogP contribution in [0.15, 0.2) is 24.3 Å². The Balaban J connectivity index is 1.34. The van der Waals surface area contributed by atoms with Gasteiger partial charge in [-0.25, -0.2) is 9.78 Å². The van der Waals surface area contributed by atoms with Gasteiger partial charge in [0.05, 0.1) is 16.8 Å². The van der Waals surface area contributed by atoms with Crippen LogP contribution in [0, 0.1) is 11.8 Å². The largest absolute Gasteiger partial charge is 0.335 e. The van der Waals surface area contributed by atoms with Crippen LogP contribution in [0.4, 0.5) is 4.79 Å². The van der Waals surface area contributed by atoms with E-state index >= 15 is 0 Å². The van der Waals surface area contributed by atoms with E-state index in [1.54, 1.807) is 11.3 Å². The van der Waals surface area contributed by atoms with Crippen LogP contribution in [0.1, 0.15) is 30.7 Å². The first kappa shape index (κ1) is 13.1. The summed E-state index contributed by atoms with van der Waals surface area (Å²) in [5.74, 6) is 1.46. The molecule has 2 saturated carbocycles. The Morgan fingerprint density at radius 1 is 1.24 bits per heavy atom. The van der Waals surface area contributed by atoms with E-state index in [0.717, 1.165) is 22.4 Å². The number of carbonyl (C=O) groups is 1. The highest BCUT2D eigenvalue weighted by molar-refractivity contribution is 7.18. The molecule has 1 heterocycles. The molecular weight excluding hydrogens is 282 g/mol. The van der Waals surface area contributed by atoms with Gasteiger partial charge in [-0.05, 0) is 49.7 Å². The molecular formula is C16H19N3OS. The number of thiazole rings is 1. The van der Waals surface area contributed by atoms with E-state index in [-0.39, 0.29) is 6.03 Å². The molecule has 1 aromatic heterocycles. The standard InChI is InChI=1S/C16H19N3OS/c20-16(19-15(10-5-6-10)11-7-8-11)17-9-14-18-12-3-1-2-4-13(12)21-14/h1-4,10-11,15H,5-9H2,(H2,17,19,20).